The summed E-state index contributed by atoms with van der Waals surface area (Å²) in [5, 5.41) is 5.04. The number of amides is 3. The van der Waals surface area contributed by atoms with Crippen LogP contribution in [0, 0.1) is 0 Å². The molecular formula is C16H23N3O2. The first-order valence-corrected chi connectivity index (χ1v) is 7.60. The highest BCUT2D eigenvalue weighted by Crippen LogP contribution is 2.24. The zero-order valence-corrected chi connectivity index (χ0v) is 12.5. The quantitative estimate of drug-likeness (QED) is 0.892. The van der Waals surface area contributed by atoms with Crippen LogP contribution < -0.4 is 10.6 Å². The molecule has 1 fully saturated rings. The molecular weight excluding hydrogens is 266 g/mol. The fraction of sp³-hybridized carbons (Fsp3) is 0.500. The molecule has 5 heteroatoms. The van der Waals surface area contributed by atoms with Crippen molar-refractivity contribution < 1.29 is 9.59 Å². The largest absolute Gasteiger partial charge is 0.338 e. The van der Waals surface area contributed by atoms with Gasteiger partial charge in [0.2, 0.25) is 5.91 Å². The van der Waals surface area contributed by atoms with E-state index in [0.29, 0.717) is 6.54 Å². The van der Waals surface area contributed by atoms with Crippen LogP contribution in [0.2, 0.25) is 0 Å². The molecule has 1 atom stereocenters. The highest BCUT2D eigenvalue weighted by atomic mass is 16.2. The van der Waals surface area contributed by atoms with Crippen molar-refractivity contribution in [3.63, 3.8) is 0 Å². The molecule has 1 aromatic rings. The van der Waals surface area contributed by atoms with Crippen molar-refractivity contribution in [1.82, 2.24) is 15.5 Å². The van der Waals surface area contributed by atoms with Gasteiger partial charge in [-0.05, 0) is 38.4 Å². The highest BCUT2D eigenvalue weighted by Gasteiger charge is 2.29. The molecule has 114 valence electrons. The Hall–Kier alpha value is -1.88. The Morgan fingerprint density at radius 2 is 1.81 bits per heavy atom. The average molecular weight is 289 g/mol. The summed E-state index contributed by atoms with van der Waals surface area (Å²) in [6.45, 7) is 4.10. The van der Waals surface area contributed by atoms with Crippen LogP contribution in [0.25, 0.3) is 0 Å². The molecule has 0 spiro atoms. The van der Waals surface area contributed by atoms with E-state index < -0.39 is 12.1 Å². The molecule has 1 heterocycles. The van der Waals surface area contributed by atoms with Gasteiger partial charge >= 0.3 is 6.03 Å². The number of hydrogen-bond acceptors (Lipinski definition) is 3. The van der Waals surface area contributed by atoms with Crippen molar-refractivity contribution in [1.29, 1.82) is 0 Å². The van der Waals surface area contributed by atoms with E-state index in [2.05, 4.69) is 15.5 Å². The van der Waals surface area contributed by atoms with Crippen molar-refractivity contribution in [2.45, 2.75) is 32.2 Å². The first-order valence-electron chi connectivity index (χ1n) is 7.60. The Morgan fingerprint density at radius 3 is 2.43 bits per heavy atom. The standard InChI is InChI=1S/C16H23N3O2/c1-2-17-16(21)18-15(20)14(13-9-5-3-6-10-13)19-11-7-4-8-12-19/h3,5-6,9-10,14H,2,4,7-8,11-12H2,1H3,(H2,17,18,20,21)/t14-/m1/s1. The molecule has 0 radical (unpaired) electrons. The summed E-state index contributed by atoms with van der Waals surface area (Å²) in [6.07, 6.45) is 3.39. The molecule has 1 aromatic carbocycles. The lowest BCUT2D eigenvalue weighted by Crippen LogP contribution is -2.47. The Labute approximate surface area is 125 Å². The third kappa shape index (κ3) is 4.29. The third-order valence-corrected chi connectivity index (χ3v) is 3.69. The Bertz CT molecular complexity index is 470. The second-order valence-corrected chi connectivity index (χ2v) is 5.26. The number of nitrogens with one attached hydrogen (secondary N) is 2. The number of benzene rings is 1. The number of piperidine rings is 1. The van der Waals surface area contributed by atoms with Gasteiger partial charge in [-0.25, -0.2) is 4.79 Å². The summed E-state index contributed by atoms with van der Waals surface area (Å²) >= 11 is 0. The first kappa shape index (κ1) is 15.5. The van der Waals surface area contributed by atoms with Crippen LogP contribution in [0.15, 0.2) is 30.3 Å². The van der Waals surface area contributed by atoms with Crippen molar-refractivity contribution in [3.05, 3.63) is 35.9 Å². The number of hydrogen-bond donors (Lipinski definition) is 2. The zero-order chi connectivity index (χ0) is 15.1. The number of carbonyl (C=O) groups is 2. The van der Waals surface area contributed by atoms with Gasteiger partial charge in [0.25, 0.3) is 0 Å². The van der Waals surface area contributed by atoms with Crippen LogP contribution in [0.3, 0.4) is 0 Å². The minimum atomic E-state index is -0.430. The zero-order valence-electron chi connectivity index (χ0n) is 12.5. The van der Waals surface area contributed by atoms with Gasteiger partial charge in [0.05, 0.1) is 0 Å². The summed E-state index contributed by atoms with van der Waals surface area (Å²) in [5.41, 5.74) is 0.932. The van der Waals surface area contributed by atoms with E-state index in [1.807, 2.05) is 37.3 Å². The molecule has 0 unspecified atom stereocenters. The second-order valence-electron chi connectivity index (χ2n) is 5.26. The van der Waals surface area contributed by atoms with Gasteiger partial charge in [-0.15, -0.1) is 0 Å². The van der Waals surface area contributed by atoms with Gasteiger partial charge in [0.15, 0.2) is 0 Å². The van der Waals surface area contributed by atoms with Gasteiger partial charge < -0.3 is 5.32 Å². The van der Waals surface area contributed by atoms with E-state index in [0.717, 1.165) is 31.5 Å². The second kappa shape index (κ2) is 7.78. The average Bonchev–Trinajstić information content (AvgIpc) is 2.50. The molecule has 5 nitrogen and oxygen atoms in total. The van der Waals surface area contributed by atoms with Gasteiger partial charge in [-0.1, -0.05) is 36.8 Å². The molecule has 2 N–H and O–H groups in total. The van der Waals surface area contributed by atoms with Crippen LogP contribution in [0.4, 0.5) is 4.79 Å². The summed E-state index contributed by atoms with van der Waals surface area (Å²) in [4.78, 5) is 26.3. The summed E-state index contributed by atoms with van der Waals surface area (Å²) in [6, 6.07) is 8.83. The maximum absolute atomic E-state index is 12.5. The van der Waals surface area contributed by atoms with Crippen LogP contribution in [0.1, 0.15) is 37.8 Å². The number of imide groups is 1. The van der Waals surface area contributed by atoms with Crippen molar-refractivity contribution in [3.8, 4) is 0 Å². The molecule has 0 aromatic heterocycles. The summed E-state index contributed by atoms with van der Waals surface area (Å²) < 4.78 is 0. The molecule has 0 bridgehead atoms. The molecule has 3 amide bonds. The Morgan fingerprint density at radius 1 is 1.14 bits per heavy atom. The molecule has 2 rings (SSSR count). The van der Waals surface area contributed by atoms with Gasteiger partial charge in [-0.3, -0.25) is 15.0 Å². The number of carbonyl (C=O) groups excluding carboxylic acids is 2. The lowest BCUT2D eigenvalue weighted by Gasteiger charge is -2.33. The van der Waals surface area contributed by atoms with Crippen molar-refractivity contribution in [2.24, 2.45) is 0 Å². The van der Waals surface area contributed by atoms with E-state index in [9.17, 15) is 9.59 Å². The molecule has 1 aliphatic rings. The number of likely N-dealkylation sites (tertiary alicyclic amines) is 1. The monoisotopic (exact) mass is 289 g/mol. The fourth-order valence-corrected chi connectivity index (χ4v) is 2.72. The Kier molecular flexibility index (Phi) is 5.75. The van der Waals surface area contributed by atoms with E-state index in [1.165, 1.54) is 6.42 Å². The van der Waals surface area contributed by atoms with Crippen molar-refractivity contribution in [2.75, 3.05) is 19.6 Å². The maximum Gasteiger partial charge on any atom is 0.321 e. The maximum atomic E-state index is 12.5. The highest BCUT2D eigenvalue weighted by molar-refractivity contribution is 5.97. The number of nitrogens with zero attached hydrogens (tertiary/aromatic N) is 1. The van der Waals surface area contributed by atoms with Gasteiger partial charge in [0, 0.05) is 6.54 Å². The molecule has 1 saturated heterocycles. The smallest absolute Gasteiger partial charge is 0.321 e. The summed E-state index contributed by atoms with van der Waals surface area (Å²) in [7, 11) is 0. The number of urea groups is 1. The van der Waals surface area contributed by atoms with Crippen LogP contribution >= 0.6 is 0 Å². The van der Waals surface area contributed by atoms with E-state index in [-0.39, 0.29) is 5.91 Å². The third-order valence-electron chi connectivity index (χ3n) is 3.69. The minimum absolute atomic E-state index is 0.256. The molecule has 0 saturated carbocycles. The fourth-order valence-electron chi connectivity index (χ4n) is 2.72. The Balaban J connectivity index is 2.15. The molecule has 21 heavy (non-hydrogen) atoms. The predicted octanol–water partition coefficient (Wildman–Crippen LogP) is 2.06. The SMILES string of the molecule is CCNC(=O)NC(=O)[C@@H](c1ccccc1)N1CCCCC1. The van der Waals surface area contributed by atoms with E-state index in [4.69, 9.17) is 0 Å². The minimum Gasteiger partial charge on any atom is -0.338 e. The van der Waals surface area contributed by atoms with E-state index in [1.54, 1.807) is 0 Å². The van der Waals surface area contributed by atoms with Crippen molar-refractivity contribution >= 4 is 11.9 Å². The van der Waals surface area contributed by atoms with Crippen LogP contribution in [-0.4, -0.2) is 36.5 Å². The van der Waals surface area contributed by atoms with Gasteiger partial charge in [0.1, 0.15) is 6.04 Å². The lowest BCUT2D eigenvalue weighted by atomic mass is 10.0. The normalized spacial score (nSPS) is 17.0. The van der Waals surface area contributed by atoms with Gasteiger partial charge in [-0.2, -0.15) is 0 Å². The lowest BCUT2D eigenvalue weighted by molar-refractivity contribution is -0.126. The van der Waals surface area contributed by atoms with Crippen LogP contribution in [0.5, 0.6) is 0 Å². The molecule has 1 aliphatic heterocycles. The first-order chi connectivity index (χ1) is 10.2. The predicted molar refractivity (Wildman–Crippen MR) is 81.8 cm³/mol. The molecule has 0 aliphatic carbocycles. The number of rotatable bonds is 4. The van der Waals surface area contributed by atoms with Crippen LogP contribution in [-0.2, 0) is 4.79 Å². The summed E-state index contributed by atoms with van der Waals surface area (Å²) in [5.74, 6) is -0.256. The van der Waals surface area contributed by atoms with E-state index >= 15 is 0 Å². The topological polar surface area (TPSA) is 61.4 Å².